The number of nitrogens with zero attached hydrogens (tertiary/aromatic N) is 3. The highest BCUT2D eigenvalue weighted by Crippen LogP contribution is 2.68. The molecule has 11 rings (SSSR count). The summed E-state index contributed by atoms with van der Waals surface area (Å²) in [5.41, 5.74) is 18.6. The summed E-state index contributed by atoms with van der Waals surface area (Å²) in [6.45, 7) is 16.0. The highest BCUT2D eigenvalue weighted by Gasteiger charge is 2.60. The van der Waals surface area contributed by atoms with E-state index in [0.717, 1.165) is 49.5 Å². The molecule has 0 saturated heterocycles. The molecule has 8 unspecified atom stereocenters. The number of allylic oxidation sites excluding steroid dienone is 8. The Balaban J connectivity index is 0.000000142. The van der Waals surface area contributed by atoms with Gasteiger partial charge in [-0.15, -0.1) is 0 Å². The molecule has 2 N–H and O–H groups in total. The van der Waals surface area contributed by atoms with Crippen LogP contribution in [0.15, 0.2) is 144 Å². The number of carbonyl (C=O) groups is 2. The van der Waals surface area contributed by atoms with Crippen molar-refractivity contribution < 1.29 is 9.59 Å². The third-order valence-electron chi connectivity index (χ3n) is 20.4. The molecule has 0 aromatic heterocycles. The minimum Gasteiger partial charge on any atom is -0.330 e. The van der Waals surface area contributed by atoms with E-state index in [9.17, 15) is 9.59 Å². The molecule has 372 valence electrons. The fourth-order valence-corrected chi connectivity index (χ4v) is 18.9. The van der Waals surface area contributed by atoms with Crippen LogP contribution in [0, 0.1) is 80.8 Å². The molecule has 4 fully saturated rings. The molecule has 0 heterocycles. The van der Waals surface area contributed by atoms with Crippen molar-refractivity contribution in [1.29, 1.82) is 0 Å². The number of benzene rings is 3. The van der Waals surface area contributed by atoms with Crippen molar-refractivity contribution in [2.45, 2.75) is 126 Å². The quantitative estimate of drug-likeness (QED) is 0.105. The molecule has 0 bridgehead atoms. The maximum atomic E-state index is 11.9. The maximum Gasteiger partial charge on any atom is 0.156 e. The van der Waals surface area contributed by atoms with Crippen molar-refractivity contribution in [2.24, 2.45) is 91.7 Å². The van der Waals surface area contributed by atoms with Crippen LogP contribution in [-0.4, -0.2) is 24.7 Å². The molecular weight excluding hydrogens is 876 g/mol. The summed E-state index contributed by atoms with van der Waals surface area (Å²) in [6.07, 6.45) is 27.4. The van der Waals surface area contributed by atoms with Gasteiger partial charge in [0.1, 0.15) is 0 Å². The van der Waals surface area contributed by atoms with Crippen molar-refractivity contribution in [1.82, 2.24) is 0 Å². The van der Waals surface area contributed by atoms with Crippen LogP contribution in [-0.2, 0) is 9.59 Å². The average Bonchev–Trinajstić information content (AvgIpc) is 3.92. The minimum absolute atomic E-state index is 0. The maximum absolute atomic E-state index is 11.9. The molecule has 0 radical (unpaired) electrons. The van der Waals surface area contributed by atoms with E-state index in [1.54, 1.807) is 0 Å². The normalized spacial score (nSPS) is 36.2. The van der Waals surface area contributed by atoms with Gasteiger partial charge in [0.15, 0.2) is 11.6 Å². The standard InChI is InChI=1S/C22H31N3O.C22H33NO.C18H15P.CH4/c1-14(13-24-25-23)18-6-7-19-17-5-4-15-12-16(26)8-10-21(15,2)20(17)9-11-22(18,19)3;1-14(13-23)18-6-7-19-17-5-4-15-12-16(24)8-10-21(15,2)20(17)9-11-22(18,19)3;1-4-10-16(11-5-1)19(17-12-6-2-7-13-17)18-14-8-3-9-15-18;/h4-5,12,14,17-20H,6-11,13H2,1-3H3;4-5,12,14,17-20H,6-11,13,23H2,1-3H3;1-15H;1H4/t2*14-,17?,18?,19?,20?,21+,22-;;/m11../s1. The summed E-state index contributed by atoms with van der Waals surface area (Å²) in [5.74, 6) is 7.46. The van der Waals surface area contributed by atoms with Crippen molar-refractivity contribution >= 4 is 35.4 Å². The lowest BCUT2D eigenvalue weighted by Gasteiger charge is -2.56. The van der Waals surface area contributed by atoms with Gasteiger partial charge in [-0.3, -0.25) is 9.59 Å². The van der Waals surface area contributed by atoms with Crippen molar-refractivity contribution in [2.75, 3.05) is 13.1 Å². The summed E-state index contributed by atoms with van der Waals surface area (Å²) in [5, 5.41) is 8.06. The van der Waals surface area contributed by atoms with Gasteiger partial charge in [-0.25, -0.2) is 0 Å². The molecule has 3 aromatic carbocycles. The summed E-state index contributed by atoms with van der Waals surface area (Å²) in [7, 11) is -0.446. The fraction of sp³-hybridized carbons (Fsp3) is 0.556. The predicted molar refractivity (Wildman–Crippen MR) is 293 cm³/mol. The van der Waals surface area contributed by atoms with E-state index in [0.29, 0.717) is 70.9 Å². The minimum atomic E-state index is -0.446. The van der Waals surface area contributed by atoms with Gasteiger partial charge in [0.2, 0.25) is 0 Å². The molecule has 14 atom stereocenters. The van der Waals surface area contributed by atoms with Crippen LogP contribution in [0.3, 0.4) is 0 Å². The van der Waals surface area contributed by atoms with Gasteiger partial charge in [0.25, 0.3) is 0 Å². The van der Waals surface area contributed by atoms with Gasteiger partial charge >= 0.3 is 0 Å². The summed E-state index contributed by atoms with van der Waals surface area (Å²) in [6, 6.07) is 32.3. The molecule has 4 saturated carbocycles. The molecule has 8 aliphatic rings. The lowest BCUT2D eigenvalue weighted by molar-refractivity contribution is -0.117. The largest absolute Gasteiger partial charge is 0.330 e. The van der Waals surface area contributed by atoms with Gasteiger partial charge in [-0.05, 0) is 204 Å². The Morgan fingerprint density at radius 3 is 1.39 bits per heavy atom. The first-order valence-corrected chi connectivity index (χ1v) is 28.1. The zero-order valence-electron chi connectivity index (χ0n) is 42.5. The van der Waals surface area contributed by atoms with E-state index in [-0.39, 0.29) is 18.3 Å². The molecule has 6 nitrogen and oxygen atoms in total. The van der Waals surface area contributed by atoms with Crippen molar-refractivity contribution in [3.63, 3.8) is 0 Å². The lowest BCUT2D eigenvalue weighted by atomic mass is 9.48. The van der Waals surface area contributed by atoms with Crippen LogP contribution < -0.4 is 21.6 Å². The third kappa shape index (κ3) is 9.56. The molecular formula is C63H83N4O2P. The number of fused-ring (bicyclic) bond motifs is 10. The highest BCUT2D eigenvalue weighted by molar-refractivity contribution is 7.79. The van der Waals surface area contributed by atoms with Crippen LogP contribution in [0.25, 0.3) is 10.4 Å². The summed E-state index contributed by atoms with van der Waals surface area (Å²) >= 11 is 0. The Bertz CT molecular complexity index is 2400. The number of rotatable bonds is 8. The van der Waals surface area contributed by atoms with Gasteiger partial charge in [-0.2, -0.15) is 0 Å². The lowest BCUT2D eigenvalue weighted by Crippen LogP contribution is -2.49. The first-order valence-electron chi connectivity index (χ1n) is 26.8. The van der Waals surface area contributed by atoms with Crippen LogP contribution in [0.2, 0.25) is 0 Å². The summed E-state index contributed by atoms with van der Waals surface area (Å²) < 4.78 is 0. The molecule has 0 aliphatic heterocycles. The first kappa shape index (κ1) is 52.0. The Kier molecular flexibility index (Phi) is 15.9. The van der Waals surface area contributed by atoms with E-state index in [2.05, 4.69) is 167 Å². The number of hydrogen-bond acceptors (Lipinski definition) is 4. The number of nitrogens with two attached hydrogens (primary N) is 1. The van der Waals surface area contributed by atoms with Gasteiger partial charge in [0.05, 0.1) is 0 Å². The first-order chi connectivity index (χ1) is 33.2. The zero-order chi connectivity index (χ0) is 48.6. The van der Waals surface area contributed by atoms with Crippen LogP contribution >= 0.6 is 7.92 Å². The molecule has 0 amide bonds. The van der Waals surface area contributed by atoms with E-state index >= 15 is 0 Å². The molecule has 70 heavy (non-hydrogen) atoms. The smallest absolute Gasteiger partial charge is 0.156 e. The molecule has 7 heteroatoms. The Morgan fingerprint density at radius 2 is 1.00 bits per heavy atom. The monoisotopic (exact) mass is 959 g/mol. The van der Waals surface area contributed by atoms with Gasteiger partial charge < -0.3 is 5.73 Å². The van der Waals surface area contributed by atoms with E-state index in [1.165, 1.54) is 78.4 Å². The Labute approximate surface area is 422 Å². The Hall–Kier alpha value is -4.34. The second kappa shape index (κ2) is 21.4. The zero-order valence-corrected chi connectivity index (χ0v) is 43.4. The van der Waals surface area contributed by atoms with E-state index in [1.807, 2.05) is 12.2 Å². The van der Waals surface area contributed by atoms with Gasteiger partial charge in [-0.1, -0.05) is 169 Å². The second-order valence-electron chi connectivity index (χ2n) is 23.7. The van der Waals surface area contributed by atoms with Crippen LogP contribution in [0.1, 0.15) is 126 Å². The van der Waals surface area contributed by atoms with Crippen molar-refractivity contribution in [3.8, 4) is 0 Å². The SMILES string of the molecule is C.C[C@H](CN)C1CCC2C3C=CC4=CC(=O)CC[C@]4(C)C3CC[C@@]21C.C[C@H](CN=[N+]=[N-])C1CCC2C3C=CC4=CC(=O)CC[C@]4(C)C3CC[C@@]21C.c1ccc(P(c2ccccc2)c2ccccc2)cc1. The summed E-state index contributed by atoms with van der Waals surface area (Å²) in [4.78, 5) is 26.8. The van der Waals surface area contributed by atoms with Crippen LogP contribution in [0.5, 0.6) is 0 Å². The number of hydrogen-bond donors (Lipinski definition) is 1. The molecule has 3 aromatic rings. The third-order valence-corrected chi connectivity index (χ3v) is 22.8. The van der Waals surface area contributed by atoms with Crippen molar-refractivity contribution in [3.05, 3.63) is 149 Å². The Morgan fingerprint density at radius 1 is 0.600 bits per heavy atom. The second-order valence-corrected chi connectivity index (χ2v) is 25.9. The molecule has 8 aliphatic carbocycles. The van der Waals surface area contributed by atoms with Gasteiger partial charge in [0, 0.05) is 24.3 Å². The number of carbonyl (C=O) groups excluding carboxylic acids is 2. The highest BCUT2D eigenvalue weighted by atomic mass is 31.1. The fourth-order valence-electron chi connectivity index (χ4n) is 16.6. The van der Waals surface area contributed by atoms with E-state index < -0.39 is 7.92 Å². The number of ketones is 2. The van der Waals surface area contributed by atoms with Crippen LogP contribution in [0.4, 0.5) is 0 Å². The predicted octanol–water partition coefficient (Wildman–Crippen LogP) is 14.4. The topological polar surface area (TPSA) is 109 Å². The molecule has 0 spiro atoms. The number of azide groups is 1. The van der Waals surface area contributed by atoms with E-state index in [4.69, 9.17) is 11.3 Å². The average molecular weight is 959 g/mol.